The Labute approximate surface area is 122 Å². The Kier molecular flexibility index (Phi) is 4.62. The van der Waals surface area contributed by atoms with Crippen LogP contribution in [0.5, 0.6) is 5.75 Å². The predicted molar refractivity (Wildman–Crippen MR) is 83.3 cm³/mol. The minimum Gasteiger partial charge on any atom is -0.497 e. The summed E-state index contributed by atoms with van der Waals surface area (Å²) in [5.41, 5.74) is 2.99. The van der Waals surface area contributed by atoms with Gasteiger partial charge >= 0.3 is 0 Å². The summed E-state index contributed by atoms with van der Waals surface area (Å²) < 4.78 is 5.40. The number of benzene rings is 1. The van der Waals surface area contributed by atoms with E-state index in [-0.39, 0.29) is 0 Å². The third-order valence-electron chi connectivity index (χ3n) is 5.05. The van der Waals surface area contributed by atoms with Crippen molar-refractivity contribution in [1.82, 2.24) is 5.32 Å². The lowest BCUT2D eigenvalue weighted by Gasteiger charge is -2.30. The van der Waals surface area contributed by atoms with E-state index in [0.717, 1.165) is 11.7 Å². The van der Waals surface area contributed by atoms with Crippen LogP contribution in [0.15, 0.2) is 18.2 Å². The van der Waals surface area contributed by atoms with Crippen LogP contribution in [0.2, 0.25) is 0 Å². The fraction of sp³-hybridized carbons (Fsp3) is 0.667. The molecule has 0 bridgehead atoms. The molecule has 1 fully saturated rings. The third kappa shape index (κ3) is 3.17. The van der Waals surface area contributed by atoms with E-state index < -0.39 is 0 Å². The lowest BCUT2D eigenvalue weighted by Crippen LogP contribution is -2.30. The monoisotopic (exact) mass is 273 g/mol. The minimum absolute atomic E-state index is 0.538. The number of ether oxygens (including phenoxy) is 1. The van der Waals surface area contributed by atoms with E-state index in [1.54, 1.807) is 7.11 Å². The van der Waals surface area contributed by atoms with E-state index >= 15 is 0 Å². The van der Waals surface area contributed by atoms with Crippen LogP contribution < -0.4 is 10.1 Å². The van der Waals surface area contributed by atoms with Crippen LogP contribution in [-0.2, 0) is 6.42 Å². The van der Waals surface area contributed by atoms with Gasteiger partial charge in [-0.25, -0.2) is 0 Å². The highest BCUT2D eigenvalue weighted by atomic mass is 16.5. The van der Waals surface area contributed by atoms with E-state index in [1.165, 1.54) is 69.0 Å². The summed E-state index contributed by atoms with van der Waals surface area (Å²) >= 11 is 0. The first-order valence-corrected chi connectivity index (χ1v) is 8.27. The number of hydrogen-bond donors (Lipinski definition) is 1. The van der Waals surface area contributed by atoms with Crippen LogP contribution in [0, 0.1) is 5.92 Å². The molecule has 2 aliphatic rings. The molecular weight excluding hydrogens is 246 g/mol. The number of methoxy groups -OCH3 is 1. The minimum atomic E-state index is 0.538. The van der Waals surface area contributed by atoms with Crippen molar-refractivity contribution >= 4 is 0 Å². The van der Waals surface area contributed by atoms with Crippen molar-refractivity contribution < 1.29 is 4.74 Å². The quantitative estimate of drug-likeness (QED) is 0.886. The van der Waals surface area contributed by atoms with Gasteiger partial charge in [0.15, 0.2) is 0 Å². The number of fused-ring (bicyclic) bond motifs is 1. The van der Waals surface area contributed by atoms with Crippen molar-refractivity contribution in [3.8, 4) is 5.75 Å². The van der Waals surface area contributed by atoms with Crippen molar-refractivity contribution in [2.75, 3.05) is 13.7 Å². The molecule has 110 valence electrons. The van der Waals surface area contributed by atoms with Gasteiger partial charge in [0.05, 0.1) is 7.11 Å². The molecule has 0 aromatic heterocycles. The Bertz CT molecular complexity index is 437. The molecule has 0 aliphatic heterocycles. The van der Waals surface area contributed by atoms with Gasteiger partial charge in [0.2, 0.25) is 0 Å². The molecular formula is C18H27NO. The highest BCUT2D eigenvalue weighted by molar-refractivity contribution is 5.39. The summed E-state index contributed by atoms with van der Waals surface area (Å²) in [5, 5.41) is 3.84. The summed E-state index contributed by atoms with van der Waals surface area (Å²) in [4.78, 5) is 0. The zero-order valence-electron chi connectivity index (χ0n) is 12.7. The number of aryl methyl sites for hydroxylation is 1. The normalized spacial score (nSPS) is 23.4. The van der Waals surface area contributed by atoms with Crippen molar-refractivity contribution in [3.63, 3.8) is 0 Å². The lowest BCUT2D eigenvalue weighted by atomic mass is 9.86. The molecule has 1 atom stereocenters. The van der Waals surface area contributed by atoms with Crippen LogP contribution in [0.1, 0.15) is 62.1 Å². The van der Waals surface area contributed by atoms with Gasteiger partial charge in [-0.05, 0) is 67.8 Å². The smallest absolute Gasteiger partial charge is 0.119 e. The van der Waals surface area contributed by atoms with E-state index in [9.17, 15) is 0 Å². The zero-order chi connectivity index (χ0) is 13.8. The van der Waals surface area contributed by atoms with Gasteiger partial charge in [0, 0.05) is 6.04 Å². The maximum absolute atomic E-state index is 5.40. The highest BCUT2D eigenvalue weighted by Gasteiger charge is 2.22. The first-order valence-electron chi connectivity index (χ1n) is 8.27. The Hall–Kier alpha value is -1.02. The maximum atomic E-state index is 5.40. The van der Waals surface area contributed by atoms with Gasteiger partial charge in [-0.15, -0.1) is 0 Å². The lowest BCUT2D eigenvalue weighted by molar-refractivity contribution is 0.319. The zero-order valence-corrected chi connectivity index (χ0v) is 12.7. The summed E-state index contributed by atoms with van der Waals surface area (Å²) in [5.74, 6) is 1.90. The second-order valence-corrected chi connectivity index (χ2v) is 6.42. The summed E-state index contributed by atoms with van der Waals surface area (Å²) in [6, 6.07) is 7.13. The molecule has 2 nitrogen and oxygen atoms in total. The van der Waals surface area contributed by atoms with E-state index in [2.05, 4.69) is 23.5 Å². The first kappa shape index (κ1) is 13.9. The van der Waals surface area contributed by atoms with E-state index in [0.29, 0.717) is 6.04 Å². The van der Waals surface area contributed by atoms with Crippen molar-refractivity contribution in [3.05, 3.63) is 29.3 Å². The molecule has 2 heteroatoms. The molecule has 1 N–H and O–H groups in total. The summed E-state index contributed by atoms with van der Waals surface area (Å²) in [6.45, 7) is 1.20. The van der Waals surface area contributed by atoms with Crippen molar-refractivity contribution in [2.45, 2.75) is 57.4 Å². The van der Waals surface area contributed by atoms with Gasteiger partial charge in [0.25, 0.3) is 0 Å². The second-order valence-electron chi connectivity index (χ2n) is 6.42. The fourth-order valence-corrected chi connectivity index (χ4v) is 3.82. The Morgan fingerprint density at radius 2 is 1.95 bits per heavy atom. The number of rotatable bonds is 4. The highest BCUT2D eigenvalue weighted by Crippen LogP contribution is 2.33. The van der Waals surface area contributed by atoms with Crippen LogP contribution >= 0.6 is 0 Å². The molecule has 1 unspecified atom stereocenters. The van der Waals surface area contributed by atoms with Crippen LogP contribution in [0.25, 0.3) is 0 Å². The van der Waals surface area contributed by atoms with E-state index in [4.69, 9.17) is 4.74 Å². The second kappa shape index (κ2) is 6.62. The van der Waals surface area contributed by atoms with Crippen LogP contribution in [-0.4, -0.2) is 13.7 Å². The predicted octanol–water partition coefficient (Wildman–Crippen LogP) is 4.24. The average molecular weight is 273 g/mol. The van der Waals surface area contributed by atoms with Crippen LogP contribution in [0.4, 0.5) is 0 Å². The fourth-order valence-electron chi connectivity index (χ4n) is 3.82. The standard InChI is InChI=1S/C18H27NO/c1-20-16-11-10-15-8-5-9-18(17(15)12-16)19-13-14-6-3-2-4-7-14/h10-12,14,18-19H,2-9,13H2,1H3. The van der Waals surface area contributed by atoms with Crippen molar-refractivity contribution in [2.24, 2.45) is 5.92 Å². The molecule has 0 spiro atoms. The first-order chi connectivity index (χ1) is 9.86. The van der Waals surface area contributed by atoms with Gasteiger partial charge < -0.3 is 10.1 Å². The van der Waals surface area contributed by atoms with Crippen molar-refractivity contribution in [1.29, 1.82) is 0 Å². The maximum Gasteiger partial charge on any atom is 0.119 e. The largest absolute Gasteiger partial charge is 0.497 e. The number of hydrogen-bond acceptors (Lipinski definition) is 2. The average Bonchev–Trinajstić information content (AvgIpc) is 2.53. The summed E-state index contributed by atoms with van der Waals surface area (Å²) in [7, 11) is 1.76. The SMILES string of the molecule is COc1ccc2c(c1)C(NCC1CCCCC1)CCC2. The Morgan fingerprint density at radius 3 is 2.75 bits per heavy atom. The molecule has 1 saturated carbocycles. The molecule has 0 amide bonds. The molecule has 0 radical (unpaired) electrons. The van der Waals surface area contributed by atoms with Gasteiger partial charge in [0.1, 0.15) is 5.75 Å². The third-order valence-corrected chi connectivity index (χ3v) is 5.05. The molecule has 2 aliphatic carbocycles. The van der Waals surface area contributed by atoms with Gasteiger partial charge in [-0.2, -0.15) is 0 Å². The number of nitrogens with one attached hydrogen (secondary N) is 1. The van der Waals surface area contributed by atoms with Gasteiger partial charge in [-0.3, -0.25) is 0 Å². The topological polar surface area (TPSA) is 21.3 Å². The molecule has 20 heavy (non-hydrogen) atoms. The molecule has 1 aromatic rings. The van der Waals surface area contributed by atoms with Crippen LogP contribution in [0.3, 0.4) is 0 Å². The Morgan fingerprint density at radius 1 is 1.10 bits per heavy atom. The Balaban J connectivity index is 1.65. The van der Waals surface area contributed by atoms with E-state index in [1.807, 2.05) is 0 Å². The molecule has 1 aromatic carbocycles. The molecule has 0 saturated heterocycles. The summed E-state index contributed by atoms with van der Waals surface area (Å²) in [6.07, 6.45) is 11.0. The van der Waals surface area contributed by atoms with Gasteiger partial charge in [-0.1, -0.05) is 25.3 Å². The molecule has 0 heterocycles. The molecule has 3 rings (SSSR count).